The molecule has 3 rings (SSSR count). The van der Waals surface area contributed by atoms with Crippen LogP contribution in [0.2, 0.25) is 0 Å². The molecule has 0 bridgehead atoms. The molecule has 1 heterocycles. The predicted molar refractivity (Wildman–Crippen MR) is 111 cm³/mol. The van der Waals surface area contributed by atoms with Crippen LogP contribution in [0.15, 0.2) is 42.6 Å². The number of alkyl halides is 4. The van der Waals surface area contributed by atoms with Crippen molar-refractivity contribution in [3.8, 4) is 11.6 Å². The zero-order valence-electron chi connectivity index (χ0n) is 18.3. The highest BCUT2D eigenvalue weighted by molar-refractivity contribution is 5.33. The van der Waals surface area contributed by atoms with Gasteiger partial charge in [0.15, 0.2) is 11.6 Å². The van der Waals surface area contributed by atoms with Gasteiger partial charge in [0.2, 0.25) is 11.7 Å². The van der Waals surface area contributed by atoms with Gasteiger partial charge in [-0.1, -0.05) is 12.1 Å². The minimum atomic E-state index is -4.18. The summed E-state index contributed by atoms with van der Waals surface area (Å²) in [7, 11) is 0. The van der Waals surface area contributed by atoms with E-state index < -0.39 is 46.8 Å². The van der Waals surface area contributed by atoms with E-state index in [2.05, 4.69) is 9.72 Å². The van der Waals surface area contributed by atoms with Crippen molar-refractivity contribution >= 4 is 0 Å². The normalized spacial score (nSPS) is 19.6. The molecule has 1 aliphatic carbocycles. The van der Waals surface area contributed by atoms with Crippen LogP contribution in [0, 0.1) is 17.6 Å². The van der Waals surface area contributed by atoms with Gasteiger partial charge >= 0.3 is 6.11 Å². The molecule has 1 aliphatic rings. The number of allylic oxidation sites excluding steroid dienone is 2. The lowest BCUT2D eigenvalue weighted by atomic mass is 9.76. The Labute approximate surface area is 188 Å². The van der Waals surface area contributed by atoms with Gasteiger partial charge in [-0.25, -0.2) is 18.2 Å². The summed E-state index contributed by atoms with van der Waals surface area (Å²) in [6.45, 7) is 3.14. The number of hydrogen-bond donors (Lipinski definition) is 0. The molecule has 1 aromatic heterocycles. The van der Waals surface area contributed by atoms with E-state index in [0.717, 1.165) is 17.7 Å². The van der Waals surface area contributed by atoms with Crippen LogP contribution in [0.1, 0.15) is 56.6 Å². The Morgan fingerprint density at radius 2 is 1.70 bits per heavy atom. The van der Waals surface area contributed by atoms with Crippen molar-refractivity contribution in [2.45, 2.75) is 57.5 Å². The van der Waals surface area contributed by atoms with E-state index in [0.29, 0.717) is 31.7 Å². The molecular formula is C24H25F6NO2. The Kier molecular flexibility index (Phi) is 7.59. The van der Waals surface area contributed by atoms with Crippen molar-refractivity contribution in [3.05, 3.63) is 65.4 Å². The number of hydrogen-bond acceptors (Lipinski definition) is 3. The highest BCUT2D eigenvalue weighted by Gasteiger charge is 2.41. The number of benzene rings is 1. The standard InChI is InChI=1S/C24H25F6NO2/c1-3-13-23(27,28)17-8-5-15(6-9-17)16-7-12-20(31-14-16)33-24(29,30)18-10-11-19(32-4-2)22(26)21(18)25/h3,7,10-15,17H,4-6,8-9H2,1-2H3. The highest BCUT2D eigenvalue weighted by atomic mass is 19.3. The summed E-state index contributed by atoms with van der Waals surface area (Å²) >= 11 is 0. The van der Waals surface area contributed by atoms with E-state index >= 15 is 0 Å². The summed E-state index contributed by atoms with van der Waals surface area (Å²) in [6.07, 6.45) is 1.14. The molecule has 3 nitrogen and oxygen atoms in total. The van der Waals surface area contributed by atoms with Gasteiger partial charge < -0.3 is 9.47 Å². The molecule has 9 heteroatoms. The van der Waals surface area contributed by atoms with Crippen LogP contribution in [0.4, 0.5) is 26.3 Å². The molecule has 180 valence electrons. The monoisotopic (exact) mass is 473 g/mol. The average Bonchev–Trinajstić information content (AvgIpc) is 2.77. The topological polar surface area (TPSA) is 31.4 Å². The molecular weight excluding hydrogens is 448 g/mol. The number of halogens is 6. The summed E-state index contributed by atoms with van der Waals surface area (Å²) in [6, 6.07) is 4.33. The molecule has 1 aromatic carbocycles. The maximum Gasteiger partial charge on any atom is 0.430 e. The number of rotatable bonds is 8. The van der Waals surface area contributed by atoms with Crippen LogP contribution < -0.4 is 9.47 Å². The number of ether oxygens (including phenoxy) is 2. The highest BCUT2D eigenvalue weighted by Crippen LogP contribution is 2.43. The Balaban J connectivity index is 1.67. The zero-order chi connectivity index (χ0) is 24.2. The van der Waals surface area contributed by atoms with E-state index in [4.69, 9.17) is 4.74 Å². The average molecular weight is 473 g/mol. The zero-order valence-corrected chi connectivity index (χ0v) is 18.3. The van der Waals surface area contributed by atoms with Gasteiger partial charge in [0, 0.05) is 18.2 Å². The minimum Gasteiger partial charge on any atom is -0.491 e. The van der Waals surface area contributed by atoms with Crippen LogP contribution in [0.25, 0.3) is 0 Å². The van der Waals surface area contributed by atoms with Crippen LogP contribution in [-0.2, 0) is 6.11 Å². The van der Waals surface area contributed by atoms with Crippen molar-refractivity contribution in [2.75, 3.05) is 6.61 Å². The molecule has 0 spiro atoms. The van der Waals surface area contributed by atoms with E-state index in [-0.39, 0.29) is 12.5 Å². The lowest BCUT2D eigenvalue weighted by Crippen LogP contribution is -2.29. The molecule has 0 atom stereocenters. The Morgan fingerprint density at radius 1 is 1.00 bits per heavy atom. The van der Waals surface area contributed by atoms with Gasteiger partial charge in [0.25, 0.3) is 5.92 Å². The van der Waals surface area contributed by atoms with Crippen molar-refractivity contribution in [2.24, 2.45) is 5.92 Å². The molecule has 0 unspecified atom stereocenters. The second kappa shape index (κ2) is 10.1. The van der Waals surface area contributed by atoms with Gasteiger partial charge in [-0.3, -0.25) is 0 Å². The fourth-order valence-electron chi connectivity index (χ4n) is 4.07. The molecule has 0 saturated heterocycles. The molecule has 0 N–H and O–H groups in total. The van der Waals surface area contributed by atoms with Crippen molar-refractivity contribution in [3.63, 3.8) is 0 Å². The van der Waals surface area contributed by atoms with Crippen LogP contribution in [-0.4, -0.2) is 17.5 Å². The largest absolute Gasteiger partial charge is 0.491 e. The summed E-state index contributed by atoms with van der Waals surface area (Å²) in [5.41, 5.74) is -0.563. The molecule has 0 aliphatic heterocycles. The molecule has 1 saturated carbocycles. The smallest absolute Gasteiger partial charge is 0.430 e. The molecule has 2 aromatic rings. The van der Waals surface area contributed by atoms with Crippen molar-refractivity contribution < 1.29 is 35.8 Å². The summed E-state index contributed by atoms with van der Waals surface area (Å²) in [5, 5.41) is 0. The first-order valence-electron chi connectivity index (χ1n) is 10.7. The van der Waals surface area contributed by atoms with Gasteiger partial charge in [-0.2, -0.15) is 13.2 Å². The van der Waals surface area contributed by atoms with Crippen LogP contribution in [0.5, 0.6) is 11.6 Å². The first-order chi connectivity index (χ1) is 15.6. The van der Waals surface area contributed by atoms with Crippen molar-refractivity contribution in [1.82, 2.24) is 4.98 Å². The van der Waals surface area contributed by atoms with E-state index in [1.54, 1.807) is 13.8 Å². The number of pyridine rings is 1. The quantitative estimate of drug-likeness (QED) is 0.296. The van der Waals surface area contributed by atoms with Gasteiger partial charge in [0.1, 0.15) is 5.56 Å². The fraction of sp³-hybridized carbons (Fsp3) is 0.458. The molecule has 0 radical (unpaired) electrons. The fourth-order valence-corrected chi connectivity index (χ4v) is 4.07. The number of aromatic nitrogens is 1. The number of nitrogens with zero attached hydrogens (tertiary/aromatic N) is 1. The minimum absolute atomic E-state index is 0.0256. The molecule has 1 fully saturated rings. The van der Waals surface area contributed by atoms with E-state index in [9.17, 15) is 26.3 Å². The lowest BCUT2D eigenvalue weighted by Gasteiger charge is -2.32. The maximum atomic E-state index is 14.5. The summed E-state index contributed by atoms with van der Waals surface area (Å²) in [5.74, 6) is -7.87. The van der Waals surface area contributed by atoms with Gasteiger partial charge in [-0.15, -0.1) is 0 Å². The third kappa shape index (κ3) is 5.62. The second-order valence-electron chi connectivity index (χ2n) is 7.94. The van der Waals surface area contributed by atoms with E-state index in [1.165, 1.54) is 24.4 Å². The molecule has 0 amide bonds. The molecule has 33 heavy (non-hydrogen) atoms. The van der Waals surface area contributed by atoms with E-state index in [1.807, 2.05) is 0 Å². The van der Waals surface area contributed by atoms with Crippen LogP contribution >= 0.6 is 0 Å². The third-order valence-electron chi connectivity index (χ3n) is 5.78. The predicted octanol–water partition coefficient (Wildman–Crippen LogP) is 7.37. The summed E-state index contributed by atoms with van der Waals surface area (Å²) in [4.78, 5) is 3.86. The van der Waals surface area contributed by atoms with Crippen LogP contribution in [0.3, 0.4) is 0 Å². The lowest BCUT2D eigenvalue weighted by molar-refractivity contribution is -0.189. The second-order valence-corrected chi connectivity index (χ2v) is 7.94. The third-order valence-corrected chi connectivity index (χ3v) is 5.78. The van der Waals surface area contributed by atoms with Gasteiger partial charge in [0.05, 0.1) is 6.61 Å². The van der Waals surface area contributed by atoms with Crippen molar-refractivity contribution in [1.29, 1.82) is 0 Å². The Hall–Kier alpha value is -2.71. The van der Waals surface area contributed by atoms with Gasteiger partial charge in [-0.05, 0) is 69.2 Å². The SMILES string of the molecule is CC=CC(F)(F)C1CCC(c2ccc(OC(F)(F)c3ccc(OCC)c(F)c3F)nc2)CC1. The first-order valence-corrected chi connectivity index (χ1v) is 10.7. The Bertz CT molecular complexity index is 970. The Morgan fingerprint density at radius 3 is 2.27 bits per heavy atom. The maximum absolute atomic E-state index is 14.5. The summed E-state index contributed by atoms with van der Waals surface area (Å²) < 4.78 is 94.6. The first kappa shape index (κ1) is 24.9.